The zero-order chi connectivity index (χ0) is 17.6. The Labute approximate surface area is 148 Å². The maximum Gasteiger partial charge on any atom is 0.227 e. The summed E-state index contributed by atoms with van der Waals surface area (Å²) in [6.45, 7) is 6.26. The Morgan fingerprint density at radius 3 is 2.68 bits per heavy atom. The van der Waals surface area contributed by atoms with Gasteiger partial charge in [-0.2, -0.15) is 4.98 Å². The number of aryl methyl sites for hydroxylation is 1. The Bertz CT molecular complexity index is 688. The Balaban J connectivity index is 1.51. The van der Waals surface area contributed by atoms with E-state index < -0.39 is 0 Å². The number of benzene rings is 1. The van der Waals surface area contributed by atoms with Gasteiger partial charge < -0.3 is 15.2 Å². The molecular weight excluding hydrogens is 316 g/mol. The molecule has 1 aliphatic rings. The maximum absolute atomic E-state index is 12.0. The zero-order valence-electron chi connectivity index (χ0n) is 14.9. The average Bonchev–Trinajstić information content (AvgIpc) is 3.10. The van der Waals surface area contributed by atoms with E-state index in [1.165, 1.54) is 5.56 Å². The summed E-state index contributed by atoms with van der Waals surface area (Å²) in [5.41, 5.74) is 2.21. The van der Waals surface area contributed by atoms with Gasteiger partial charge in [0.25, 0.3) is 0 Å². The second-order valence-corrected chi connectivity index (χ2v) is 6.88. The van der Waals surface area contributed by atoms with Crippen LogP contribution in [0.25, 0.3) is 11.4 Å². The predicted molar refractivity (Wildman–Crippen MR) is 96.2 cm³/mol. The molecule has 134 valence electrons. The lowest BCUT2D eigenvalue weighted by atomic mass is 10.0. The molecule has 1 saturated heterocycles. The van der Waals surface area contributed by atoms with Gasteiger partial charge in [-0.15, -0.1) is 0 Å². The number of aromatic nitrogens is 2. The van der Waals surface area contributed by atoms with E-state index in [1.807, 2.05) is 12.1 Å². The Morgan fingerprint density at radius 2 is 2.00 bits per heavy atom. The van der Waals surface area contributed by atoms with E-state index in [0.717, 1.165) is 31.5 Å². The number of carbonyl (C=O) groups is 1. The molecule has 0 saturated carbocycles. The van der Waals surface area contributed by atoms with Gasteiger partial charge in [0.05, 0.1) is 0 Å². The molecule has 1 amide bonds. The normalized spacial score (nSPS) is 15.5. The molecule has 0 bridgehead atoms. The number of piperidine rings is 1. The van der Waals surface area contributed by atoms with Crippen molar-refractivity contribution in [3.05, 3.63) is 35.7 Å². The van der Waals surface area contributed by atoms with E-state index in [-0.39, 0.29) is 11.9 Å². The summed E-state index contributed by atoms with van der Waals surface area (Å²) >= 11 is 0. The van der Waals surface area contributed by atoms with Crippen LogP contribution in [-0.4, -0.2) is 35.2 Å². The lowest BCUT2D eigenvalue weighted by molar-refractivity contribution is -0.122. The van der Waals surface area contributed by atoms with Crippen LogP contribution in [0.2, 0.25) is 0 Å². The molecule has 0 radical (unpaired) electrons. The maximum atomic E-state index is 12.0. The van der Waals surface area contributed by atoms with Crippen LogP contribution in [0.4, 0.5) is 0 Å². The van der Waals surface area contributed by atoms with Gasteiger partial charge in [-0.1, -0.05) is 43.3 Å². The Hall–Kier alpha value is -2.21. The van der Waals surface area contributed by atoms with Crippen molar-refractivity contribution >= 4 is 5.91 Å². The minimum atomic E-state index is 0.0490. The van der Waals surface area contributed by atoms with Crippen LogP contribution in [0.1, 0.15) is 50.5 Å². The second kappa shape index (κ2) is 8.25. The molecule has 1 aliphatic heterocycles. The SMILES string of the molecule is CC(C)c1ccc(-c2noc(CCC(=O)NC3CCNCC3)n2)cc1. The molecular formula is C19H26N4O2. The van der Waals surface area contributed by atoms with Gasteiger partial charge in [-0.05, 0) is 37.4 Å². The number of nitrogens with one attached hydrogen (secondary N) is 2. The van der Waals surface area contributed by atoms with Gasteiger partial charge in [-0.25, -0.2) is 0 Å². The summed E-state index contributed by atoms with van der Waals surface area (Å²) in [4.78, 5) is 16.4. The zero-order valence-corrected chi connectivity index (χ0v) is 14.9. The summed E-state index contributed by atoms with van der Waals surface area (Å²) in [6.07, 6.45) is 2.82. The van der Waals surface area contributed by atoms with Crippen LogP contribution in [0.3, 0.4) is 0 Å². The van der Waals surface area contributed by atoms with Crippen molar-refractivity contribution in [3.8, 4) is 11.4 Å². The van der Waals surface area contributed by atoms with Gasteiger partial charge in [0, 0.05) is 24.4 Å². The molecule has 3 rings (SSSR count). The summed E-state index contributed by atoms with van der Waals surface area (Å²) in [7, 11) is 0. The molecule has 2 heterocycles. The van der Waals surface area contributed by atoms with Crippen molar-refractivity contribution in [2.24, 2.45) is 0 Å². The monoisotopic (exact) mass is 342 g/mol. The van der Waals surface area contributed by atoms with Gasteiger partial charge in [0.15, 0.2) is 0 Å². The number of carbonyl (C=O) groups excluding carboxylic acids is 1. The van der Waals surface area contributed by atoms with Crippen LogP contribution < -0.4 is 10.6 Å². The Morgan fingerprint density at radius 1 is 1.28 bits per heavy atom. The topological polar surface area (TPSA) is 80.0 Å². The Kier molecular flexibility index (Phi) is 5.81. The largest absolute Gasteiger partial charge is 0.353 e. The molecule has 2 aromatic rings. The summed E-state index contributed by atoms with van der Waals surface area (Å²) in [5, 5.41) is 10.4. The van der Waals surface area contributed by atoms with Crippen molar-refractivity contribution in [1.29, 1.82) is 0 Å². The van der Waals surface area contributed by atoms with Crippen LogP contribution >= 0.6 is 0 Å². The first-order valence-corrected chi connectivity index (χ1v) is 9.05. The van der Waals surface area contributed by atoms with Crippen molar-refractivity contribution in [2.75, 3.05) is 13.1 Å². The minimum absolute atomic E-state index is 0.0490. The summed E-state index contributed by atoms with van der Waals surface area (Å²) < 4.78 is 5.29. The van der Waals surface area contributed by atoms with Gasteiger partial charge in [0.2, 0.25) is 17.6 Å². The minimum Gasteiger partial charge on any atom is -0.353 e. The molecule has 6 heteroatoms. The molecule has 1 fully saturated rings. The first-order chi connectivity index (χ1) is 12.1. The fourth-order valence-electron chi connectivity index (χ4n) is 2.98. The third-order valence-corrected chi connectivity index (χ3v) is 4.57. The van der Waals surface area contributed by atoms with Crippen LogP contribution in [-0.2, 0) is 11.2 Å². The summed E-state index contributed by atoms with van der Waals surface area (Å²) in [6, 6.07) is 8.47. The quantitative estimate of drug-likeness (QED) is 0.844. The van der Waals surface area contributed by atoms with Gasteiger partial charge >= 0.3 is 0 Å². The molecule has 0 spiro atoms. The first kappa shape index (κ1) is 17.6. The van der Waals surface area contributed by atoms with Crippen LogP contribution in [0.5, 0.6) is 0 Å². The van der Waals surface area contributed by atoms with Gasteiger partial charge in [-0.3, -0.25) is 4.79 Å². The first-order valence-electron chi connectivity index (χ1n) is 9.05. The third-order valence-electron chi connectivity index (χ3n) is 4.57. The average molecular weight is 342 g/mol. The molecule has 0 aliphatic carbocycles. The molecule has 0 atom stereocenters. The van der Waals surface area contributed by atoms with E-state index in [0.29, 0.717) is 30.5 Å². The number of amides is 1. The molecule has 0 unspecified atom stereocenters. The third kappa shape index (κ3) is 4.89. The van der Waals surface area contributed by atoms with Crippen LogP contribution in [0, 0.1) is 0 Å². The molecule has 2 N–H and O–H groups in total. The van der Waals surface area contributed by atoms with Crippen molar-refractivity contribution in [3.63, 3.8) is 0 Å². The lowest BCUT2D eigenvalue weighted by Crippen LogP contribution is -2.42. The number of hydrogen-bond donors (Lipinski definition) is 2. The highest BCUT2D eigenvalue weighted by molar-refractivity contribution is 5.76. The molecule has 25 heavy (non-hydrogen) atoms. The van der Waals surface area contributed by atoms with E-state index >= 15 is 0 Å². The number of rotatable bonds is 6. The predicted octanol–water partition coefficient (Wildman–Crippen LogP) is 2.66. The van der Waals surface area contributed by atoms with Crippen molar-refractivity contribution < 1.29 is 9.32 Å². The van der Waals surface area contributed by atoms with E-state index in [2.05, 4.69) is 46.8 Å². The lowest BCUT2D eigenvalue weighted by Gasteiger charge is -2.23. The number of hydrogen-bond acceptors (Lipinski definition) is 5. The van der Waals surface area contributed by atoms with Crippen LogP contribution in [0.15, 0.2) is 28.8 Å². The second-order valence-electron chi connectivity index (χ2n) is 6.88. The van der Waals surface area contributed by atoms with Gasteiger partial charge in [0.1, 0.15) is 0 Å². The molecule has 6 nitrogen and oxygen atoms in total. The van der Waals surface area contributed by atoms with Crippen molar-refractivity contribution in [2.45, 2.75) is 51.5 Å². The highest BCUT2D eigenvalue weighted by Crippen LogP contribution is 2.20. The number of nitrogens with zero attached hydrogens (tertiary/aromatic N) is 2. The standard InChI is InChI=1S/C19H26N4O2/c1-13(2)14-3-5-15(6-4-14)19-22-18(25-23-19)8-7-17(24)21-16-9-11-20-12-10-16/h3-6,13,16,20H,7-12H2,1-2H3,(H,21,24). The van der Waals surface area contributed by atoms with Crippen molar-refractivity contribution in [1.82, 2.24) is 20.8 Å². The fourth-order valence-corrected chi connectivity index (χ4v) is 2.98. The smallest absolute Gasteiger partial charge is 0.227 e. The van der Waals surface area contributed by atoms with E-state index in [4.69, 9.17) is 4.52 Å². The fraction of sp³-hybridized carbons (Fsp3) is 0.526. The van der Waals surface area contributed by atoms with E-state index in [9.17, 15) is 4.79 Å². The highest BCUT2D eigenvalue weighted by atomic mass is 16.5. The summed E-state index contributed by atoms with van der Waals surface area (Å²) in [5.74, 6) is 1.62. The van der Waals surface area contributed by atoms with E-state index in [1.54, 1.807) is 0 Å². The molecule has 1 aromatic carbocycles. The highest BCUT2D eigenvalue weighted by Gasteiger charge is 2.16. The molecule has 1 aromatic heterocycles.